The van der Waals surface area contributed by atoms with Gasteiger partial charge in [0.15, 0.2) is 0 Å². The Bertz CT molecular complexity index is 726. The van der Waals surface area contributed by atoms with Gasteiger partial charge in [-0.15, -0.1) is 6.58 Å². The van der Waals surface area contributed by atoms with Crippen LogP contribution in [0.4, 0.5) is 0 Å². The summed E-state index contributed by atoms with van der Waals surface area (Å²) in [5.74, 6) is 0.963. The molecule has 1 amide bonds. The average molecular weight is 321 g/mol. The van der Waals surface area contributed by atoms with Crippen molar-refractivity contribution in [1.29, 1.82) is 0 Å². The van der Waals surface area contributed by atoms with Crippen LogP contribution in [0.15, 0.2) is 67.3 Å². The highest BCUT2D eigenvalue weighted by molar-refractivity contribution is 5.90. The summed E-state index contributed by atoms with van der Waals surface area (Å²) in [7, 11) is 1.65. The van der Waals surface area contributed by atoms with E-state index in [4.69, 9.17) is 4.74 Å². The lowest BCUT2D eigenvalue weighted by molar-refractivity contribution is -0.133. The molecule has 0 aliphatic carbocycles. The third-order valence-corrected chi connectivity index (χ3v) is 4.84. The normalized spacial score (nSPS) is 20.2. The topological polar surface area (TPSA) is 29.5 Å². The number of hydrogen-bond acceptors (Lipinski definition) is 2. The molecule has 1 fully saturated rings. The molecule has 24 heavy (non-hydrogen) atoms. The molecule has 0 unspecified atom stereocenters. The minimum absolute atomic E-state index is 0.180. The van der Waals surface area contributed by atoms with Crippen molar-refractivity contribution in [3.63, 3.8) is 0 Å². The van der Waals surface area contributed by atoms with Crippen molar-refractivity contribution in [3.05, 3.63) is 78.4 Å². The molecule has 1 aliphatic heterocycles. The summed E-state index contributed by atoms with van der Waals surface area (Å²) >= 11 is 0. The van der Waals surface area contributed by atoms with Gasteiger partial charge in [0.25, 0.3) is 0 Å². The van der Waals surface area contributed by atoms with E-state index in [1.54, 1.807) is 7.11 Å². The Labute approximate surface area is 143 Å². The Balaban J connectivity index is 1.90. The molecule has 2 aromatic carbocycles. The first-order valence-electron chi connectivity index (χ1n) is 8.28. The first kappa shape index (κ1) is 16.3. The number of benzene rings is 2. The van der Waals surface area contributed by atoms with Gasteiger partial charge in [0.05, 0.1) is 12.5 Å². The molecule has 124 valence electrons. The van der Waals surface area contributed by atoms with Crippen LogP contribution >= 0.6 is 0 Å². The van der Waals surface area contributed by atoms with Crippen molar-refractivity contribution >= 4 is 5.91 Å². The highest BCUT2D eigenvalue weighted by atomic mass is 16.5. The zero-order chi connectivity index (χ0) is 17.0. The minimum Gasteiger partial charge on any atom is -0.497 e. The van der Waals surface area contributed by atoms with Crippen LogP contribution in [0.2, 0.25) is 0 Å². The quantitative estimate of drug-likeness (QED) is 0.754. The van der Waals surface area contributed by atoms with Gasteiger partial charge in [0.2, 0.25) is 5.91 Å². The third kappa shape index (κ3) is 2.94. The second-order valence-electron chi connectivity index (χ2n) is 6.27. The lowest BCUT2D eigenvalue weighted by Gasteiger charge is -2.28. The summed E-state index contributed by atoms with van der Waals surface area (Å²) in [5.41, 5.74) is 1.65. The maximum Gasteiger partial charge on any atom is 0.233 e. The fourth-order valence-corrected chi connectivity index (χ4v) is 3.53. The fourth-order valence-electron chi connectivity index (χ4n) is 3.53. The van der Waals surface area contributed by atoms with Crippen molar-refractivity contribution in [3.8, 4) is 5.75 Å². The number of methoxy groups -OCH3 is 1. The SMILES string of the molecule is C=CC[C@@]1(c2cccc(OC)c2)CCN(Cc2ccccc2)C1=O. The van der Waals surface area contributed by atoms with Crippen molar-refractivity contribution in [2.45, 2.75) is 24.8 Å². The number of allylic oxidation sites excluding steroid dienone is 1. The molecule has 3 nitrogen and oxygen atoms in total. The Hall–Kier alpha value is -2.55. The van der Waals surface area contributed by atoms with E-state index in [9.17, 15) is 4.79 Å². The van der Waals surface area contributed by atoms with Crippen LogP contribution < -0.4 is 4.74 Å². The van der Waals surface area contributed by atoms with E-state index >= 15 is 0 Å². The van der Waals surface area contributed by atoms with Gasteiger partial charge in [-0.05, 0) is 36.1 Å². The standard InChI is InChI=1S/C21H23NO2/c1-3-12-21(18-10-7-11-19(15-18)24-2)13-14-22(20(21)23)16-17-8-5-4-6-9-17/h3-11,15H,1,12-14,16H2,2H3/t21-/m0/s1. The molecule has 1 aliphatic rings. The van der Waals surface area contributed by atoms with Crippen LogP contribution in [0.5, 0.6) is 5.75 Å². The first-order chi connectivity index (χ1) is 11.7. The largest absolute Gasteiger partial charge is 0.497 e. The Morgan fingerprint density at radius 2 is 2.00 bits per heavy atom. The molecule has 3 heteroatoms. The Kier molecular flexibility index (Phi) is 4.70. The zero-order valence-electron chi connectivity index (χ0n) is 14.1. The Morgan fingerprint density at radius 3 is 2.71 bits per heavy atom. The average Bonchev–Trinajstić information content (AvgIpc) is 2.94. The molecular formula is C21H23NO2. The maximum absolute atomic E-state index is 13.3. The molecule has 1 heterocycles. The fraction of sp³-hybridized carbons (Fsp3) is 0.286. The molecule has 0 radical (unpaired) electrons. The second kappa shape index (κ2) is 6.91. The lowest BCUT2D eigenvalue weighted by atomic mass is 9.76. The van der Waals surface area contributed by atoms with E-state index in [0.29, 0.717) is 13.0 Å². The van der Waals surface area contributed by atoms with Crippen molar-refractivity contribution in [2.24, 2.45) is 0 Å². The number of likely N-dealkylation sites (tertiary alicyclic amines) is 1. The second-order valence-corrected chi connectivity index (χ2v) is 6.27. The number of carbonyl (C=O) groups is 1. The number of hydrogen-bond donors (Lipinski definition) is 0. The van der Waals surface area contributed by atoms with E-state index in [-0.39, 0.29) is 5.91 Å². The molecule has 1 saturated heterocycles. The Morgan fingerprint density at radius 1 is 1.21 bits per heavy atom. The van der Waals surface area contributed by atoms with Crippen molar-refractivity contribution < 1.29 is 9.53 Å². The molecular weight excluding hydrogens is 298 g/mol. The number of nitrogens with zero attached hydrogens (tertiary/aromatic N) is 1. The van der Waals surface area contributed by atoms with Gasteiger partial charge in [0, 0.05) is 13.1 Å². The van der Waals surface area contributed by atoms with Crippen LogP contribution in [0, 0.1) is 0 Å². The highest BCUT2D eigenvalue weighted by Gasteiger charge is 2.46. The predicted molar refractivity (Wildman–Crippen MR) is 96.0 cm³/mol. The van der Waals surface area contributed by atoms with Crippen molar-refractivity contribution in [1.82, 2.24) is 4.90 Å². The lowest BCUT2D eigenvalue weighted by Crippen LogP contribution is -2.37. The molecule has 2 aromatic rings. The summed E-state index contributed by atoms with van der Waals surface area (Å²) in [5, 5.41) is 0. The molecule has 0 aromatic heterocycles. The predicted octanol–water partition coefficient (Wildman–Crippen LogP) is 3.94. The smallest absolute Gasteiger partial charge is 0.233 e. The van der Waals surface area contributed by atoms with E-state index in [2.05, 4.69) is 18.7 Å². The summed E-state index contributed by atoms with van der Waals surface area (Å²) in [6.07, 6.45) is 3.30. The number of ether oxygens (including phenoxy) is 1. The van der Waals surface area contributed by atoms with E-state index in [1.165, 1.54) is 0 Å². The van der Waals surface area contributed by atoms with Crippen LogP contribution in [-0.4, -0.2) is 24.5 Å². The molecule has 1 atom stereocenters. The van der Waals surface area contributed by atoms with Gasteiger partial charge in [-0.3, -0.25) is 4.79 Å². The van der Waals surface area contributed by atoms with E-state index < -0.39 is 5.41 Å². The number of amides is 1. The summed E-state index contributed by atoms with van der Waals surface area (Å²) in [6, 6.07) is 18.0. The molecule has 3 rings (SSSR count). The minimum atomic E-state index is -0.523. The van der Waals surface area contributed by atoms with Gasteiger partial charge in [-0.2, -0.15) is 0 Å². The van der Waals surface area contributed by atoms with Crippen LogP contribution in [0.25, 0.3) is 0 Å². The molecule has 0 spiro atoms. The zero-order valence-corrected chi connectivity index (χ0v) is 14.1. The van der Waals surface area contributed by atoms with Gasteiger partial charge in [0.1, 0.15) is 5.75 Å². The maximum atomic E-state index is 13.3. The van der Waals surface area contributed by atoms with Gasteiger partial charge >= 0.3 is 0 Å². The molecule has 0 N–H and O–H groups in total. The summed E-state index contributed by atoms with van der Waals surface area (Å²) < 4.78 is 5.34. The highest BCUT2D eigenvalue weighted by Crippen LogP contribution is 2.40. The van der Waals surface area contributed by atoms with Gasteiger partial charge in [-0.25, -0.2) is 0 Å². The first-order valence-corrected chi connectivity index (χ1v) is 8.28. The van der Waals surface area contributed by atoms with Gasteiger partial charge < -0.3 is 9.64 Å². The number of carbonyl (C=O) groups excluding carboxylic acids is 1. The molecule has 0 bridgehead atoms. The monoisotopic (exact) mass is 321 g/mol. The van der Waals surface area contributed by atoms with Gasteiger partial charge in [-0.1, -0.05) is 48.5 Å². The summed E-state index contributed by atoms with van der Waals surface area (Å²) in [6.45, 7) is 5.30. The van der Waals surface area contributed by atoms with Crippen molar-refractivity contribution in [2.75, 3.05) is 13.7 Å². The number of rotatable bonds is 6. The summed E-state index contributed by atoms with van der Waals surface area (Å²) in [4.78, 5) is 15.2. The van der Waals surface area contributed by atoms with Crippen LogP contribution in [0.3, 0.4) is 0 Å². The van der Waals surface area contributed by atoms with Crippen LogP contribution in [0.1, 0.15) is 24.0 Å². The van der Waals surface area contributed by atoms with Crippen LogP contribution in [-0.2, 0) is 16.8 Å². The van der Waals surface area contributed by atoms with E-state index in [1.807, 2.05) is 53.4 Å². The molecule has 0 saturated carbocycles. The van der Waals surface area contributed by atoms with E-state index in [0.717, 1.165) is 29.8 Å². The third-order valence-electron chi connectivity index (χ3n) is 4.84.